The third-order valence-corrected chi connectivity index (χ3v) is 6.30. The van der Waals surface area contributed by atoms with Crippen molar-refractivity contribution in [2.75, 3.05) is 40.4 Å². The standard InChI is InChI=1S/C17H26N2O5S/c1-13(2)14-6-7-16(15(12-14)23-3)25(21,22)19-9-5-8-18(10-11-19)17(20)24-4/h6-7,12-13H,5,8-11H2,1-4H3. The van der Waals surface area contributed by atoms with E-state index in [0.717, 1.165) is 5.56 Å². The van der Waals surface area contributed by atoms with Crippen LogP contribution in [0.25, 0.3) is 0 Å². The summed E-state index contributed by atoms with van der Waals surface area (Å²) in [5, 5.41) is 0. The van der Waals surface area contributed by atoms with E-state index in [1.807, 2.05) is 19.9 Å². The van der Waals surface area contributed by atoms with Crippen LogP contribution in [0.3, 0.4) is 0 Å². The van der Waals surface area contributed by atoms with Crippen LogP contribution in [0.2, 0.25) is 0 Å². The predicted octanol–water partition coefficient (Wildman–Crippen LogP) is 2.28. The van der Waals surface area contributed by atoms with E-state index in [4.69, 9.17) is 9.47 Å². The molecule has 8 heteroatoms. The lowest BCUT2D eigenvalue weighted by molar-refractivity contribution is 0.126. The lowest BCUT2D eigenvalue weighted by Crippen LogP contribution is -2.37. The van der Waals surface area contributed by atoms with E-state index >= 15 is 0 Å². The van der Waals surface area contributed by atoms with Crippen LogP contribution in [-0.2, 0) is 14.8 Å². The molecule has 1 heterocycles. The maximum Gasteiger partial charge on any atom is 0.409 e. The van der Waals surface area contributed by atoms with Crippen LogP contribution in [0.15, 0.2) is 23.1 Å². The van der Waals surface area contributed by atoms with Gasteiger partial charge in [-0.3, -0.25) is 0 Å². The molecular weight excluding hydrogens is 344 g/mol. The molecule has 0 aromatic heterocycles. The van der Waals surface area contributed by atoms with Crippen molar-refractivity contribution >= 4 is 16.1 Å². The van der Waals surface area contributed by atoms with Crippen molar-refractivity contribution in [3.05, 3.63) is 23.8 Å². The molecule has 1 amide bonds. The quantitative estimate of drug-likeness (QED) is 0.813. The number of carbonyl (C=O) groups is 1. The molecule has 0 aliphatic carbocycles. The minimum absolute atomic E-state index is 0.158. The van der Waals surface area contributed by atoms with Gasteiger partial charge in [-0.15, -0.1) is 0 Å². The minimum Gasteiger partial charge on any atom is -0.495 e. The second-order valence-corrected chi connectivity index (χ2v) is 8.19. The van der Waals surface area contributed by atoms with Gasteiger partial charge in [0.25, 0.3) is 0 Å². The number of rotatable bonds is 4. The van der Waals surface area contributed by atoms with Crippen LogP contribution in [0.5, 0.6) is 5.75 Å². The molecule has 0 atom stereocenters. The van der Waals surface area contributed by atoms with Gasteiger partial charge in [-0.25, -0.2) is 13.2 Å². The van der Waals surface area contributed by atoms with Crippen LogP contribution >= 0.6 is 0 Å². The molecule has 1 aromatic carbocycles. The van der Waals surface area contributed by atoms with Crippen molar-refractivity contribution in [3.8, 4) is 5.75 Å². The lowest BCUT2D eigenvalue weighted by Gasteiger charge is -2.22. The fourth-order valence-electron chi connectivity index (χ4n) is 2.84. The van der Waals surface area contributed by atoms with Crippen LogP contribution in [0.4, 0.5) is 4.79 Å². The lowest BCUT2D eigenvalue weighted by atomic mass is 10.0. The molecule has 0 spiro atoms. The Hall–Kier alpha value is -1.80. The summed E-state index contributed by atoms with van der Waals surface area (Å²) < 4.78 is 37.6. The number of hydrogen-bond donors (Lipinski definition) is 0. The highest BCUT2D eigenvalue weighted by atomic mass is 32.2. The molecule has 2 rings (SSSR count). The van der Waals surface area contributed by atoms with Crippen LogP contribution in [0.1, 0.15) is 31.7 Å². The van der Waals surface area contributed by atoms with Gasteiger partial charge in [-0.2, -0.15) is 4.31 Å². The van der Waals surface area contributed by atoms with E-state index in [2.05, 4.69) is 0 Å². The van der Waals surface area contributed by atoms with Crippen LogP contribution in [-0.4, -0.2) is 64.1 Å². The van der Waals surface area contributed by atoms with E-state index < -0.39 is 16.1 Å². The number of carbonyl (C=O) groups excluding carboxylic acids is 1. The van der Waals surface area contributed by atoms with Gasteiger partial charge < -0.3 is 14.4 Å². The average Bonchev–Trinajstić information content (AvgIpc) is 2.87. The first kappa shape index (κ1) is 19.5. The van der Waals surface area contributed by atoms with Crippen molar-refractivity contribution in [1.29, 1.82) is 0 Å². The van der Waals surface area contributed by atoms with Gasteiger partial charge in [0.2, 0.25) is 10.0 Å². The molecule has 0 saturated carbocycles. The first-order valence-corrected chi connectivity index (χ1v) is 9.76. The molecule has 7 nitrogen and oxygen atoms in total. The Labute approximate surface area is 149 Å². The number of amides is 1. The zero-order valence-electron chi connectivity index (χ0n) is 15.2. The van der Waals surface area contributed by atoms with E-state index in [0.29, 0.717) is 31.8 Å². The Kier molecular flexibility index (Phi) is 6.29. The molecule has 1 fully saturated rings. The normalized spacial score (nSPS) is 16.6. The summed E-state index contributed by atoms with van der Waals surface area (Å²) in [5.41, 5.74) is 1.02. The van der Waals surface area contributed by atoms with Crippen LogP contribution < -0.4 is 4.74 Å². The molecule has 1 aliphatic heterocycles. The number of hydrogen-bond acceptors (Lipinski definition) is 5. The first-order valence-electron chi connectivity index (χ1n) is 8.32. The maximum absolute atomic E-state index is 13.1. The summed E-state index contributed by atoms with van der Waals surface area (Å²) in [4.78, 5) is 13.3. The summed E-state index contributed by atoms with van der Waals surface area (Å²) in [6, 6.07) is 5.20. The summed E-state index contributed by atoms with van der Waals surface area (Å²) >= 11 is 0. The Morgan fingerprint density at radius 3 is 2.44 bits per heavy atom. The third kappa shape index (κ3) is 4.24. The maximum atomic E-state index is 13.1. The minimum atomic E-state index is -3.70. The summed E-state index contributed by atoms with van der Waals surface area (Å²) in [7, 11) is -0.902. The molecule has 0 bridgehead atoms. The van der Waals surface area contributed by atoms with Gasteiger partial charge >= 0.3 is 6.09 Å². The van der Waals surface area contributed by atoms with Gasteiger partial charge in [0, 0.05) is 26.2 Å². The number of nitrogens with zero attached hydrogens (tertiary/aromatic N) is 2. The smallest absolute Gasteiger partial charge is 0.409 e. The largest absolute Gasteiger partial charge is 0.495 e. The van der Waals surface area contributed by atoms with Crippen molar-refractivity contribution in [2.45, 2.75) is 31.1 Å². The van der Waals surface area contributed by atoms with Crippen molar-refractivity contribution in [3.63, 3.8) is 0 Å². The van der Waals surface area contributed by atoms with E-state index in [1.54, 1.807) is 12.1 Å². The summed E-state index contributed by atoms with van der Waals surface area (Å²) in [6.07, 6.45) is 0.124. The van der Waals surface area contributed by atoms with Gasteiger partial charge in [-0.05, 0) is 30.0 Å². The zero-order valence-corrected chi connectivity index (χ0v) is 16.0. The molecule has 1 saturated heterocycles. The number of sulfonamides is 1. The Balaban J connectivity index is 2.28. The Morgan fingerprint density at radius 2 is 1.84 bits per heavy atom. The first-order chi connectivity index (χ1) is 11.8. The number of ether oxygens (including phenoxy) is 2. The molecule has 1 aromatic rings. The number of benzene rings is 1. The summed E-state index contributed by atoms with van der Waals surface area (Å²) in [5.74, 6) is 0.623. The highest BCUT2D eigenvalue weighted by Gasteiger charge is 2.30. The fourth-order valence-corrected chi connectivity index (χ4v) is 4.45. The predicted molar refractivity (Wildman–Crippen MR) is 94.4 cm³/mol. The molecule has 0 N–H and O–H groups in total. The molecule has 140 valence electrons. The molecule has 1 aliphatic rings. The van der Waals surface area contributed by atoms with Gasteiger partial charge in [-0.1, -0.05) is 19.9 Å². The van der Waals surface area contributed by atoms with Gasteiger partial charge in [0.15, 0.2) is 0 Å². The fraction of sp³-hybridized carbons (Fsp3) is 0.588. The molecule has 0 unspecified atom stereocenters. The highest BCUT2D eigenvalue weighted by Crippen LogP contribution is 2.30. The van der Waals surface area contributed by atoms with E-state index in [-0.39, 0.29) is 17.4 Å². The van der Waals surface area contributed by atoms with Gasteiger partial charge in [0.05, 0.1) is 14.2 Å². The third-order valence-electron chi connectivity index (χ3n) is 4.36. The Bertz CT molecular complexity index is 718. The van der Waals surface area contributed by atoms with E-state index in [1.165, 1.54) is 23.4 Å². The molecule has 25 heavy (non-hydrogen) atoms. The number of methoxy groups -OCH3 is 2. The zero-order chi connectivity index (χ0) is 18.6. The van der Waals surface area contributed by atoms with Crippen molar-refractivity contribution < 1.29 is 22.7 Å². The average molecular weight is 370 g/mol. The van der Waals surface area contributed by atoms with E-state index in [9.17, 15) is 13.2 Å². The van der Waals surface area contributed by atoms with Crippen LogP contribution in [0, 0.1) is 0 Å². The second-order valence-electron chi connectivity index (χ2n) is 6.28. The van der Waals surface area contributed by atoms with Gasteiger partial charge in [0.1, 0.15) is 10.6 Å². The summed E-state index contributed by atoms with van der Waals surface area (Å²) in [6.45, 7) is 5.44. The van der Waals surface area contributed by atoms with Crippen molar-refractivity contribution in [2.24, 2.45) is 0 Å². The molecule has 0 radical (unpaired) electrons. The van der Waals surface area contributed by atoms with Crippen molar-refractivity contribution in [1.82, 2.24) is 9.21 Å². The second kappa shape index (κ2) is 8.05. The molecular formula is C17H26N2O5S. The SMILES string of the molecule is COC(=O)N1CCCN(S(=O)(=O)c2ccc(C(C)C)cc2OC)CC1. The highest BCUT2D eigenvalue weighted by molar-refractivity contribution is 7.89. The Morgan fingerprint density at radius 1 is 1.12 bits per heavy atom. The monoisotopic (exact) mass is 370 g/mol. The topological polar surface area (TPSA) is 76.2 Å².